The van der Waals surface area contributed by atoms with Crippen molar-refractivity contribution in [3.05, 3.63) is 60.2 Å². The molecular weight excluding hydrogens is 342 g/mol. The summed E-state index contributed by atoms with van der Waals surface area (Å²) in [7, 11) is 0. The predicted molar refractivity (Wildman–Crippen MR) is 104 cm³/mol. The van der Waals surface area contributed by atoms with Crippen LogP contribution in [0.15, 0.2) is 54.6 Å². The largest absolute Gasteiger partial charge is 0.399 e. The number of rotatable bonds is 4. The standard InChI is InChI=1S/C21H21N3O3/c22-14-7-5-13(6-8-14)18-11-16(15-3-1-2-4-17(15)24-18)20(25)21(26)19-12-23-9-10-27-19/h1-8,11,19-20,23,25H,9-10,12,22H2. The van der Waals surface area contributed by atoms with Crippen LogP contribution in [-0.4, -0.2) is 41.7 Å². The second-order valence-corrected chi connectivity index (χ2v) is 6.60. The number of anilines is 1. The molecule has 3 aromatic rings. The van der Waals surface area contributed by atoms with Gasteiger partial charge in [0.15, 0.2) is 5.78 Å². The van der Waals surface area contributed by atoms with E-state index >= 15 is 0 Å². The molecule has 2 heterocycles. The minimum atomic E-state index is -1.28. The lowest BCUT2D eigenvalue weighted by molar-refractivity contribution is -0.140. The van der Waals surface area contributed by atoms with Gasteiger partial charge in [0.05, 0.1) is 17.8 Å². The van der Waals surface area contributed by atoms with Crippen LogP contribution in [0, 0.1) is 0 Å². The molecule has 0 amide bonds. The molecule has 2 unspecified atom stereocenters. The summed E-state index contributed by atoms with van der Waals surface area (Å²) >= 11 is 0. The molecule has 6 heteroatoms. The number of aliphatic hydroxyl groups is 1. The van der Waals surface area contributed by atoms with Gasteiger partial charge in [0.1, 0.15) is 12.2 Å². The third kappa shape index (κ3) is 3.55. The van der Waals surface area contributed by atoms with E-state index in [0.717, 1.165) is 16.5 Å². The van der Waals surface area contributed by atoms with Crippen molar-refractivity contribution in [3.8, 4) is 11.3 Å². The van der Waals surface area contributed by atoms with Crippen LogP contribution in [0.25, 0.3) is 22.2 Å². The van der Waals surface area contributed by atoms with Gasteiger partial charge in [-0.15, -0.1) is 0 Å². The van der Waals surface area contributed by atoms with Crippen molar-refractivity contribution >= 4 is 22.4 Å². The zero-order valence-corrected chi connectivity index (χ0v) is 14.8. The number of aromatic nitrogens is 1. The highest BCUT2D eigenvalue weighted by Crippen LogP contribution is 2.30. The maximum Gasteiger partial charge on any atom is 0.195 e. The van der Waals surface area contributed by atoms with E-state index in [1.54, 1.807) is 18.2 Å². The number of Topliss-reactive ketones (excluding diaryl/α,β-unsaturated/α-hetero) is 1. The highest BCUT2D eigenvalue weighted by Gasteiger charge is 2.30. The molecule has 0 radical (unpaired) electrons. The van der Waals surface area contributed by atoms with E-state index in [1.807, 2.05) is 36.4 Å². The topological polar surface area (TPSA) is 97.5 Å². The third-order valence-electron chi connectivity index (χ3n) is 4.76. The third-order valence-corrected chi connectivity index (χ3v) is 4.76. The number of ether oxygens (including phenoxy) is 1. The summed E-state index contributed by atoms with van der Waals surface area (Å²) in [5.41, 5.74) is 9.23. The summed E-state index contributed by atoms with van der Waals surface area (Å²) in [5, 5.41) is 14.7. The van der Waals surface area contributed by atoms with Gasteiger partial charge in [-0.1, -0.05) is 30.3 Å². The smallest absolute Gasteiger partial charge is 0.195 e. The van der Waals surface area contributed by atoms with Crippen molar-refractivity contribution in [1.82, 2.24) is 10.3 Å². The van der Waals surface area contributed by atoms with Crippen LogP contribution >= 0.6 is 0 Å². The van der Waals surface area contributed by atoms with E-state index < -0.39 is 12.2 Å². The number of nitrogens with zero attached hydrogens (tertiary/aromatic N) is 1. The molecule has 1 aliphatic rings. The molecule has 1 aromatic heterocycles. The van der Waals surface area contributed by atoms with Crippen LogP contribution in [0.4, 0.5) is 5.69 Å². The molecule has 0 saturated carbocycles. The number of hydrogen-bond donors (Lipinski definition) is 3. The van der Waals surface area contributed by atoms with Crippen molar-refractivity contribution in [1.29, 1.82) is 0 Å². The number of pyridine rings is 1. The number of hydrogen-bond acceptors (Lipinski definition) is 6. The van der Waals surface area contributed by atoms with Crippen molar-refractivity contribution in [2.75, 3.05) is 25.4 Å². The first-order chi connectivity index (χ1) is 13.1. The molecule has 2 aromatic carbocycles. The van der Waals surface area contributed by atoms with Gasteiger partial charge < -0.3 is 20.9 Å². The van der Waals surface area contributed by atoms with E-state index in [4.69, 9.17) is 10.5 Å². The lowest BCUT2D eigenvalue weighted by atomic mass is 9.96. The maximum atomic E-state index is 12.8. The van der Waals surface area contributed by atoms with Gasteiger partial charge in [0.25, 0.3) is 0 Å². The van der Waals surface area contributed by atoms with Crippen molar-refractivity contribution in [3.63, 3.8) is 0 Å². The zero-order valence-electron chi connectivity index (χ0n) is 14.8. The van der Waals surface area contributed by atoms with Gasteiger partial charge in [0, 0.05) is 29.7 Å². The minimum absolute atomic E-state index is 0.346. The average Bonchev–Trinajstić information content (AvgIpc) is 2.73. The summed E-state index contributed by atoms with van der Waals surface area (Å²) in [6, 6.07) is 16.6. The molecule has 0 aliphatic carbocycles. The van der Waals surface area contributed by atoms with Crippen molar-refractivity contribution in [2.45, 2.75) is 12.2 Å². The Kier molecular flexibility index (Phi) is 4.85. The molecule has 0 spiro atoms. The van der Waals surface area contributed by atoms with Gasteiger partial charge >= 0.3 is 0 Å². The molecule has 4 rings (SSSR count). The predicted octanol–water partition coefficient (Wildman–Crippen LogP) is 2.07. The van der Waals surface area contributed by atoms with E-state index in [-0.39, 0.29) is 5.78 Å². The van der Waals surface area contributed by atoms with Crippen molar-refractivity contribution < 1.29 is 14.6 Å². The Morgan fingerprint density at radius 2 is 2.00 bits per heavy atom. The quantitative estimate of drug-likeness (QED) is 0.614. The first kappa shape index (κ1) is 17.6. The SMILES string of the molecule is Nc1ccc(-c2cc(C(O)C(=O)C3CNCCO3)c3ccccc3n2)cc1. The highest BCUT2D eigenvalue weighted by atomic mass is 16.5. The normalized spacial score (nSPS) is 18.3. The van der Waals surface area contributed by atoms with Gasteiger partial charge in [0.2, 0.25) is 0 Å². The first-order valence-corrected chi connectivity index (χ1v) is 8.93. The lowest BCUT2D eigenvalue weighted by Crippen LogP contribution is -2.44. The molecular formula is C21H21N3O3. The number of carbonyl (C=O) groups excluding carboxylic acids is 1. The Hall–Kier alpha value is -2.80. The van der Waals surface area contributed by atoms with E-state index in [1.165, 1.54) is 0 Å². The number of nitrogen functional groups attached to an aromatic ring is 1. The van der Waals surface area contributed by atoms with Crippen LogP contribution in [0.1, 0.15) is 11.7 Å². The number of fused-ring (bicyclic) bond motifs is 1. The monoisotopic (exact) mass is 363 g/mol. The number of nitrogens with two attached hydrogens (primary N) is 1. The minimum Gasteiger partial charge on any atom is -0.399 e. The molecule has 1 saturated heterocycles. The number of para-hydroxylation sites is 1. The number of carbonyl (C=O) groups is 1. The Morgan fingerprint density at radius 1 is 1.22 bits per heavy atom. The van der Waals surface area contributed by atoms with Gasteiger partial charge in [-0.05, 0) is 29.8 Å². The first-order valence-electron chi connectivity index (χ1n) is 8.93. The number of ketones is 1. The molecule has 4 N–H and O–H groups in total. The second kappa shape index (κ2) is 7.44. The fourth-order valence-corrected chi connectivity index (χ4v) is 3.31. The second-order valence-electron chi connectivity index (χ2n) is 6.60. The molecule has 138 valence electrons. The van der Waals surface area contributed by atoms with Crippen LogP contribution in [0.3, 0.4) is 0 Å². The summed E-state index contributed by atoms with van der Waals surface area (Å²) in [5.74, 6) is -0.346. The van der Waals surface area contributed by atoms with Crippen LogP contribution < -0.4 is 11.1 Å². The summed E-state index contributed by atoms with van der Waals surface area (Å²) in [6.07, 6.45) is -1.93. The van der Waals surface area contributed by atoms with Gasteiger partial charge in [-0.25, -0.2) is 4.98 Å². The summed E-state index contributed by atoms with van der Waals surface area (Å²) < 4.78 is 5.52. The Labute approximate surface area is 157 Å². The van der Waals surface area contributed by atoms with E-state index in [9.17, 15) is 9.90 Å². The Morgan fingerprint density at radius 3 is 2.74 bits per heavy atom. The zero-order chi connectivity index (χ0) is 18.8. The van der Waals surface area contributed by atoms with E-state index in [0.29, 0.717) is 36.6 Å². The number of nitrogens with one attached hydrogen (secondary N) is 1. The van der Waals surface area contributed by atoms with Crippen LogP contribution in [-0.2, 0) is 9.53 Å². The molecule has 2 atom stereocenters. The molecule has 1 aliphatic heterocycles. The average molecular weight is 363 g/mol. The Bertz CT molecular complexity index is 966. The summed E-state index contributed by atoms with van der Waals surface area (Å²) in [4.78, 5) is 17.5. The van der Waals surface area contributed by atoms with Crippen molar-refractivity contribution in [2.24, 2.45) is 0 Å². The molecule has 1 fully saturated rings. The van der Waals surface area contributed by atoms with Crippen LogP contribution in [0.5, 0.6) is 0 Å². The molecule has 6 nitrogen and oxygen atoms in total. The lowest BCUT2D eigenvalue weighted by Gasteiger charge is -2.25. The highest BCUT2D eigenvalue weighted by molar-refractivity contribution is 5.95. The fourth-order valence-electron chi connectivity index (χ4n) is 3.31. The number of morpholine rings is 1. The summed E-state index contributed by atoms with van der Waals surface area (Å²) in [6.45, 7) is 1.57. The number of benzene rings is 2. The fraction of sp³-hybridized carbons (Fsp3) is 0.238. The Balaban J connectivity index is 1.78. The van der Waals surface area contributed by atoms with Crippen LogP contribution in [0.2, 0.25) is 0 Å². The number of aliphatic hydroxyl groups excluding tert-OH is 1. The molecule has 27 heavy (non-hydrogen) atoms. The van der Waals surface area contributed by atoms with E-state index in [2.05, 4.69) is 10.3 Å². The van der Waals surface area contributed by atoms with Gasteiger partial charge in [-0.2, -0.15) is 0 Å². The maximum absolute atomic E-state index is 12.8. The van der Waals surface area contributed by atoms with Gasteiger partial charge in [-0.3, -0.25) is 4.79 Å². The molecule has 0 bridgehead atoms.